The van der Waals surface area contributed by atoms with Crippen LogP contribution in [0.25, 0.3) is 10.2 Å². The van der Waals surface area contributed by atoms with E-state index in [1.807, 2.05) is 28.6 Å². The number of hydrogen-bond acceptors (Lipinski definition) is 5. The normalized spacial score (nSPS) is 21.2. The number of fused-ring (bicyclic) bond motifs is 1. The van der Waals surface area contributed by atoms with Crippen molar-refractivity contribution in [2.75, 3.05) is 26.3 Å². The molecular formula is C15H18N4OS. The summed E-state index contributed by atoms with van der Waals surface area (Å²) in [6.07, 6.45) is 2.04. The van der Waals surface area contributed by atoms with Crippen LogP contribution in [0.2, 0.25) is 0 Å². The number of piperidine rings is 1. The highest BCUT2D eigenvalue weighted by Gasteiger charge is 2.37. The third-order valence-electron chi connectivity index (χ3n) is 4.64. The van der Waals surface area contributed by atoms with E-state index in [0.717, 1.165) is 54.9 Å². The lowest BCUT2D eigenvalue weighted by atomic mass is 9.88. The highest BCUT2D eigenvalue weighted by atomic mass is 32.1. The van der Waals surface area contributed by atoms with E-state index in [2.05, 4.69) is 15.6 Å². The van der Waals surface area contributed by atoms with E-state index in [4.69, 9.17) is 0 Å². The minimum atomic E-state index is 0.130. The number of amides is 1. The lowest BCUT2D eigenvalue weighted by Crippen LogP contribution is -2.53. The van der Waals surface area contributed by atoms with Crippen molar-refractivity contribution in [1.82, 2.24) is 20.5 Å². The number of hydrogen-bond donors (Lipinski definition) is 2. The van der Waals surface area contributed by atoms with Crippen LogP contribution in [0.3, 0.4) is 0 Å². The van der Waals surface area contributed by atoms with Crippen LogP contribution in [-0.2, 0) is 0 Å². The van der Waals surface area contributed by atoms with Crippen LogP contribution in [0.1, 0.15) is 23.2 Å². The van der Waals surface area contributed by atoms with Gasteiger partial charge < -0.3 is 10.2 Å². The van der Waals surface area contributed by atoms with E-state index in [0.29, 0.717) is 0 Å². The molecule has 4 rings (SSSR count). The molecule has 3 heterocycles. The Bertz CT molecular complexity index is 667. The standard InChI is InChI=1S/C15H18N4OS/c20-14(11-1-2-13-12(7-11)17-10-21-13)19-5-3-15(4-6-19)8-16-9-18-15/h1-2,7,10,16,18H,3-6,8-9H2. The fourth-order valence-electron chi connectivity index (χ4n) is 3.28. The van der Waals surface area contributed by atoms with Crippen molar-refractivity contribution in [2.24, 2.45) is 0 Å². The summed E-state index contributed by atoms with van der Waals surface area (Å²) in [5.41, 5.74) is 3.70. The van der Waals surface area contributed by atoms with Gasteiger partial charge in [-0.3, -0.25) is 10.1 Å². The van der Waals surface area contributed by atoms with Gasteiger partial charge in [-0.2, -0.15) is 0 Å². The molecule has 2 aliphatic heterocycles. The van der Waals surface area contributed by atoms with E-state index in [-0.39, 0.29) is 11.4 Å². The van der Waals surface area contributed by atoms with Crippen LogP contribution in [0.15, 0.2) is 23.7 Å². The first kappa shape index (κ1) is 13.2. The van der Waals surface area contributed by atoms with Crippen molar-refractivity contribution >= 4 is 27.5 Å². The summed E-state index contributed by atoms with van der Waals surface area (Å²) in [4.78, 5) is 18.9. The number of carbonyl (C=O) groups excluding carboxylic acids is 1. The Balaban J connectivity index is 1.50. The molecule has 0 unspecified atom stereocenters. The van der Waals surface area contributed by atoms with Crippen LogP contribution in [0, 0.1) is 0 Å². The van der Waals surface area contributed by atoms with Gasteiger partial charge in [-0.25, -0.2) is 4.98 Å². The molecule has 0 bridgehead atoms. The monoisotopic (exact) mass is 302 g/mol. The lowest BCUT2D eigenvalue weighted by molar-refractivity contribution is 0.0665. The molecule has 21 heavy (non-hydrogen) atoms. The largest absolute Gasteiger partial charge is 0.339 e. The third-order valence-corrected chi connectivity index (χ3v) is 5.45. The highest BCUT2D eigenvalue weighted by Crippen LogP contribution is 2.26. The summed E-state index contributed by atoms with van der Waals surface area (Å²) in [7, 11) is 0. The SMILES string of the molecule is O=C(c1ccc2scnc2c1)N1CCC2(CC1)CNCN2. The van der Waals surface area contributed by atoms with Gasteiger partial charge in [0.1, 0.15) is 0 Å². The third kappa shape index (κ3) is 2.33. The molecule has 1 spiro atoms. The molecule has 6 heteroatoms. The second-order valence-electron chi connectivity index (χ2n) is 5.89. The molecule has 2 aromatic rings. The Labute approximate surface area is 127 Å². The maximum absolute atomic E-state index is 12.6. The number of aromatic nitrogens is 1. The van der Waals surface area contributed by atoms with Gasteiger partial charge in [0, 0.05) is 37.4 Å². The van der Waals surface area contributed by atoms with Gasteiger partial charge in [-0.05, 0) is 31.0 Å². The summed E-state index contributed by atoms with van der Waals surface area (Å²) >= 11 is 1.60. The van der Waals surface area contributed by atoms with Gasteiger partial charge in [0.05, 0.1) is 15.7 Å². The molecule has 0 atom stereocenters. The molecule has 2 saturated heterocycles. The van der Waals surface area contributed by atoms with Crippen LogP contribution in [-0.4, -0.2) is 47.6 Å². The number of benzene rings is 1. The van der Waals surface area contributed by atoms with Crippen LogP contribution in [0.5, 0.6) is 0 Å². The Morgan fingerprint density at radius 3 is 2.95 bits per heavy atom. The first-order valence-corrected chi connectivity index (χ1v) is 8.22. The van der Waals surface area contributed by atoms with Crippen LogP contribution < -0.4 is 10.6 Å². The number of carbonyl (C=O) groups is 1. The molecule has 0 aliphatic carbocycles. The average Bonchev–Trinajstić information content (AvgIpc) is 3.16. The van der Waals surface area contributed by atoms with E-state index >= 15 is 0 Å². The molecule has 5 nitrogen and oxygen atoms in total. The molecule has 1 aromatic heterocycles. The lowest BCUT2D eigenvalue weighted by Gasteiger charge is -2.39. The first-order valence-electron chi connectivity index (χ1n) is 7.34. The van der Waals surface area contributed by atoms with Gasteiger partial charge in [0.2, 0.25) is 0 Å². The van der Waals surface area contributed by atoms with E-state index in [9.17, 15) is 4.79 Å². The fraction of sp³-hybridized carbons (Fsp3) is 0.467. The van der Waals surface area contributed by atoms with Crippen molar-refractivity contribution in [2.45, 2.75) is 18.4 Å². The molecular weight excluding hydrogens is 284 g/mol. The van der Waals surface area contributed by atoms with Gasteiger partial charge >= 0.3 is 0 Å². The number of thiazole rings is 1. The van der Waals surface area contributed by atoms with Crippen molar-refractivity contribution in [1.29, 1.82) is 0 Å². The van der Waals surface area contributed by atoms with Crippen molar-refractivity contribution < 1.29 is 4.79 Å². The molecule has 0 saturated carbocycles. The Hall–Kier alpha value is -1.50. The molecule has 1 amide bonds. The molecule has 2 fully saturated rings. The Morgan fingerprint density at radius 2 is 2.19 bits per heavy atom. The zero-order valence-electron chi connectivity index (χ0n) is 11.8. The highest BCUT2D eigenvalue weighted by molar-refractivity contribution is 7.16. The van der Waals surface area contributed by atoms with Gasteiger partial charge in [-0.15, -0.1) is 11.3 Å². The number of rotatable bonds is 1. The summed E-state index contributed by atoms with van der Waals surface area (Å²) in [5.74, 6) is 0.130. The minimum Gasteiger partial charge on any atom is -0.339 e. The van der Waals surface area contributed by atoms with Crippen molar-refractivity contribution in [3.8, 4) is 0 Å². The van der Waals surface area contributed by atoms with Crippen molar-refractivity contribution in [3.63, 3.8) is 0 Å². The van der Waals surface area contributed by atoms with Crippen molar-refractivity contribution in [3.05, 3.63) is 29.3 Å². The Morgan fingerprint density at radius 1 is 1.33 bits per heavy atom. The zero-order chi connectivity index (χ0) is 14.3. The average molecular weight is 302 g/mol. The van der Waals surface area contributed by atoms with Crippen LogP contribution >= 0.6 is 11.3 Å². The Kier molecular flexibility index (Phi) is 3.17. The fourth-order valence-corrected chi connectivity index (χ4v) is 3.94. The number of likely N-dealkylation sites (tertiary alicyclic amines) is 1. The van der Waals surface area contributed by atoms with E-state index < -0.39 is 0 Å². The summed E-state index contributed by atoms with van der Waals surface area (Å²) in [6.45, 7) is 3.54. The second-order valence-corrected chi connectivity index (χ2v) is 6.77. The number of nitrogens with one attached hydrogen (secondary N) is 2. The topological polar surface area (TPSA) is 57.3 Å². The smallest absolute Gasteiger partial charge is 0.253 e. The van der Waals surface area contributed by atoms with Crippen LogP contribution in [0.4, 0.5) is 0 Å². The molecule has 0 radical (unpaired) electrons. The maximum Gasteiger partial charge on any atom is 0.253 e. The van der Waals surface area contributed by atoms with Gasteiger partial charge in [0.15, 0.2) is 0 Å². The molecule has 110 valence electrons. The summed E-state index contributed by atoms with van der Waals surface area (Å²) < 4.78 is 1.13. The second kappa shape index (κ2) is 5.05. The van der Waals surface area contributed by atoms with E-state index in [1.165, 1.54) is 0 Å². The molecule has 2 N–H and O–H groups in total. The van der Waals surface area contributed by atoms with E-state index in [1.54, 1.807) is 11.3 Å². The number of nitrogens with zero attached hydrogens (tertiary/aromatic N) is 2. The summed E-state index contributed by atoms with van der Waals surface area (Å²) in [6, 6.07) is 5.82. The minimum absolute atomic E-state index is 0.130. The molecule has 2 aliphatic rings. The predicted octanol–water partition coefficient (Wildman–Crippen LogP) is 1.42. The quantitative estimate of drug-likeness (QED) is 0.836. The van der Waals surface area contributed by atoms with Gasteiger partial charge in [0.25, 0.3) is 5.91 Å². The zero-order valence-corrected chi connectivity index (χ0v) is 12.6. The molecule has 1 aromatic carbocycles. The maximum atomic E-state index is 12.6. The predicted molar refractivity (Wildman–Crippen MR) is 83.5 cm³/mol. The summed E-state index contributed by atoms with van der Waals surface area (Å²) in [5, 5.41) is 6.89. The van der Waals surface area contributed by atoms with Gasteiger partial charge in [-0.1, -0.05) is 0 Å². The first-order chi connectivity index (χ1) is 10.3.